The van der Waals surface area contributed by atoms with Gasteiger partial charge in [-0.25, -0.2) is 9.78 Å². The van der Waals surface area contributed by atoms with Gasteiger partial charge in [-0.1, -0.05) is 122 Å². The lowest BCUT2D eigenvalue weighted by Gasteiger charge is -2.41. The quantitative estimate of drug-likeness (QED) is 0.132. The van der Waals surface area contributed by atoms with E-state index in [-0.39, 0.29) is 30.8 Å². The number of aryl methyl sites for hydroxylation is 1. The summed E-state index contributed by atoms with van der Waals surface area (Å²) in [5.41, 5.74) is 7.01. The highest BCUT2D eigenvalue weighted by molar-refractivity contribution is 7.99. The predicted octanol–water partition coefficient (Wildman–Crippen LogP) is 7.16. The minimum Gasteiger partial charge on any atom is -0.392 e. The van der Waals surface area contributed by atoms with Crippen molar-refractivity contribution in [2.75, 3.05) is 5.75 Å². The number of benzene rings is 4. The average Bonchev–Trinajstić information content (AvgIpc) is 3.54. The van der Waals surface area contributed by atoms with Gasteiger partial charge in [0.15, 0.2) is 11.4 Å². The smallest absolute Gasteiger partial charge is 0.315 e. The summed E-state index contributed by atoms with van der Waals surface area (Å²) in [4.78, 5) is 17.0. The molecule has 2 amide bonds. The molecule has 3 N–H and O–H groups in total. The largest absolute Gasteiger partial charge is 0.392 e. The van der Waals surface area contributed by atoms with Crippen LogP contribution in [-0.4, -0.2) is 32.5 Å². The number of rotatable bonds is 11. The molecule has 6 rings (SSSR count). The van der Waals surface area contributed by atoms with E-state index < -0.39 is 6.29 Å². The lowest BCUT2D eigenvalue weighted by atomic mass is 9.91. The SMILES string of the molecule is C[C@@H]1[C@H](CSc2nccn2C)O[C@H](c2ccc(-c3ccccc3CNC(=O)NCc3ccccc3)cc2)O[C@@H]1c1ccc(CO)cc1. The van der Waals surface area contributed by atoms with E-state index in [0.29, 0.717) is 13.1 Å². The monoisotopic (exact) mass is 648 g/mol. The summed E-state index contributed by atoms with van der Waals surface area (Å²) in [6.07, 6.45) is 2.92. The first kappa shape index (κ1) is 32.5. The van der Waals surface area contributed by atoms with Crippen LogP contribution in [0.1, 0.15) is 47.1 Å². The van der Waals surface area contributed by atoms with E-state index in [9.17, 15) is 9.90 Å². The highest BCUT2D eigenvalue weighted by Gasteiger charge is 2.38. The van der Waals surface area contributed by atoms with Gasteiger partial charge in [0.05, 0.1) is 18.8 Å². The maximum Gasteiger partial charge on any atom is 0.315 e. The third kappa shape index (κ3) is 8.12. The molecule has 1 aliphatic heterocycles. The minimum atomic E-state index is -0.556. The van der Waals surface area contributed by atoms with E-state index in [2.05, 4.69) is 52.9 Å². The van der Waals surface area contributed by atoms with E-state index >= 15 is 0 Å². The number of aromatic nitrogens is 2. The minimum absolute atomic E-state index is 0.00299. The Morgan fingerprint density at radius 2 is 1.55 bits per heavy atom. The van der Waals surface area contributed by atoms with Crippen molar-refractivity contribution in [2.45, 2.75) is 50.3 Å². The van der Waals surface area contributed by atoms with E-state index in [1.165, 1.54) is 0 Å². The van der Waals surface area contributed by atoms with E-state index in [0.717, 1.165) is 49.9 Å². The summed E-state index contributed by atoms with van der Waals surface area (Å²) in [5, 5.41) is 16.4. The molecule has 1 fully saturated rings. The first-order valence-electron chi connectivity index (χ1n) is 15.8. The number of aliphatic hydroxyl groups is 1. The average molecular weight is 649 g/mol. The molecule has 8 nitrogen and oxygen atoms in total. The molecule has 2 heterocycles. The molecule has 0 saturated carbocycles. The lowest BCUT2D eigenvalue weighted by Crippen LogP contribution is -2.38. The maximum atomic E-state index is 12.5. The van der Waals surface area contributed by atoms with Crippen LogP contribution in [-0.2, 0) is 36.2 Å². The second kappa shape index (κ2) is 15.5. The number of ether oxygens (including phenoxy) is 2. The number of carbonyl (C=O) groups is 1. The van der Waals surface area contributed by atoms with Gasteiger partial charge in [-0.2, -0.15) is 0 Å². The van der Waals surface area contributed by atoms with Crippen molar-refractivity contribution in [3.8, 4) is 11.1 Å². The fourth-order valence-corrected chi connectivity index (χ4v) is 6.84. The van der Waals surface area contributed by atoms with Gasteiger partial charge in [-0.3, -0.25) is 0 Å². The number of urea groups is 1. The molecule has 4 aromatic carbocycles. The molecular weight excluding hydrogens is 609 g/mol. The molecule has 1 saturated heterocycles. The molecule has 0 spiro atoms. The van der Waals surface area contributed by atoms with Crippen LogP contribution in [0.2, 0.25) is 0 Å². The van der Waals surface area contributed by atoms with Crippen molar-refractivity contribution in [3.05, 3.63) is 143 Å². The van der Waals surface area contributed by atoms with Crippen molar-refractivity contribution < 1.29 is 19.4 Å². The van der Waals surface area contributed by atoms with Gasteiger partial charge in [-0.15, -0.1) is 0 Å². The molecular formula is C38H40N4O4S. The second-order valence-corrected chi connectivity index (χ2v) is 12.7. The summed E-state index contributed by atoms with van der Waals surface area (Å²) in [5.74, 6) is 0.816. The molecule has 0 unspecified atom stereocenters. The van der Waals surface area contributed by atoms with Gasteiger partial charge in [0.2, 0.25) is 0 Å². The number of nitrogens with one attached hydrogen (secondary N) is 2. The van der Waals surface area contributed by atoms with Gasteiger partial charge >= 0.3 is 6.03 Å². The van der Waals surface area contributed by atoms with Crippen molar-refractivity contribution in [3.63, 3.8) is 0 Å². The number of carbonyl (C=O) groups excluding carboxylic acids is 1. The first-order valence-corrected chi connectivity index (χ1v) is 16.8. The van der Waals surface area contributed by atoms with Crippen LogP contribution in [0.25, 0.3) is 11.1 Å². The van der Waals surface area contributed by atoms with Crippen LogP contribution in [0.15, 0.2) is 121 Å². The summed E-state index contributed by atoms with van der Waals surface area (Å²) in [6.45, 7) is 3.04. The summed E-state index contributed by atoms with van der Waals surface area (Å²) in [6, 6.07) is 34.0. The van der Waals surface area contributed by atoms with Gasteiger partial charge in [0.1, 0.15) is 0 Å². The molecule has 9 heteroatoms. The Kier molecular flexibility index (Phi) is 10.7. The zero-order valence-electron chi connectivity index (χ0n) is 26.6. The van der Waals surface area contributed by atoms with Crippen molar-refractivity contribution in [1.29, 1.82) is 0 Å². The second-order valence-electron chi connectivity index (χ2n) is 11.8. The highest BCUT2D eigenvalue weighted by atomic mass is 32.2. The van der Waals surface area contributed by atoms with Crippen LogP contribution in [0.4, 0.5) is 4.79 Å². The third-order valence-corrected chi connectivity index (χ3v) is 9.67. The normalized spacial score (nSPS) is 19.3. The Balaban J connectivity index is 1.16. The highest BCUT2D eigenvalue weighted by Crippen LogP contribution is 2.43. The summed E-state index contributed by atoms with van der Waals surface area (Å²) >= 11 is 1.68. The zero-order chi connectivity index (χ0) is 32.6. The van der Waals surface area contributed by atoms with E-state index in [1.807, 2.05) is 96.8 Å². The van der Waals surface area contributed by atoms with Gasteiger partial charge in [0.25, 0.3) is 0 Å². The number of hydrogen-bond acceptors (Lipinski definition) is 6. The number of aliphatic hydroxyl groups excluding tert-OH is 1. The topological polar surface area (TPSA) is 97.6 Å². The number of amides is 2. The Morgan fingerprint density at radius 3 is 2.28 bits per heavy atom. The molecule has 0 aliphatic carbocycles. The summed E-state index contributed by atoms with van der Waals surface area (Å²) < 4.78 is 15.3. The van der Waals surface area contributed by atoms with E-state index in [4.69, 9.17) is 9.47 Å². The van der Waals surface area contributed by atoms with Gasteiger partial charge < -0.3 is 29.8 Å². The fourth-order valence-electron chi connectivity index (χ4n) is 5.75. The van der Waals surface area contributed by atoms with Crippen molar-refractivity contribution in [1.82, 2.24) is 20.2 Å². The Morgan fingerprint density at radius 1 is 0.851 bits per heavy atom. The van der Waals surface area contributed by atoms with Gasteiger partial charge in [-0.05, 0) is 33.4 Å². The molecule has 0 radical (unpaired) electrons. The lowest BCUT2D eigenvalue weighted by molar-refractivity contribution is -0.268. The number of imidazole rings is 1. The maximum absolute atomic E-state index is 12.5. The standard InChI is InChI=1S/C38H40N4O4S/c1-26-34(25-47-38-39-20-21-42(38)2)45-36(46-35(26)30-14-12-28(24-43)13-15-30)31-18-16-29(17-19-31)33-11-7-6-10-32(33)23-41-37(44)40-22-27-8-4-3-5-9-27/h3-21,26,34-36,43H,22-25H2,1-2H3,(H2,40,41,44)/t26-,34+,35+,36+/m1/s1. The molecule has 47 heavy (non-hydrogen) atoms. The molecule has 0 bridgehead atoms. The Labute approximate surface area is 280 Å². The van der Waals surface area contributed by atoms with Crippen LogP contribution in [0.3, 0.4) is 0 Å². The molecule has 1 aromatic heterocycles. The third-order valence-electron chi connectivity index (χ3n) is 8.52. The molecule has 242 valence electrons. The van der Waals surface area contributed by atoms with Crippen LogP contribution < -0.4 is 10.6 Å². The predicted molar refractivity (Wildman–Crippen MR) is 184 cm³/mol. The van der Waals surface area contributed by atoms with Crippen molar-refractivity contribution in [2.24, 2.45) is 13.0 Å². The molecule has 5 aromatic rings. The van der Waals surface area contributed by atoms with Crippen LogP contribution >= 0.6 is 11.8 Å². The molecule has 4 atom stereocenters. The number of nitrogens with zero attached hydrogens (tertiary/aromatic N) is 2. The zero-order valence-corrected chi connectivity index (χ0v) is 27.4. The fraction of sp³-hybridized carbons (Fsp3) is 0.263. The van der Waals surface area contributed by atoms with E-state index in [1.54, 1.807) is 11.8 Å². The van der Waals surface area contributed by atoms with Crippen LogP contribution in [0, 0.1) is 5.92 Å². The van der Waals surface area contributed by atoms with Gasteiger partial charge in [0, 0.05) is 49.8 Å². The Bertz CT molecular complexity index is 1740. The van der Waals surface area contributed by atoms with Crippen LogP contribution in [0.5, 0.6) is 0 Å². The van der Waals surface area contributed by atoms with Crippen molar-refractivity contribution >= 4 is 17.8 Å². The Hall–Kier alpha value is -4.41. The first-order chi connectivity index (χ1) is 23.0. The number of hydrogen-bond donors (Lipinski definition) is 3. The molecule has 1 aliphatic rings. The number of thioether (sulfide) groups is 1. The summed E-state index contributed by atoms with van der Waals surface area (Å²) in [7, 11) is 1.99.